The third-order valence-corrected chi connectivity index (χ3v) is 5.81. The van der Waals surface area contributed by atoms with Crippen LogP contribution in [0.15, 0.2) is 4.99 Å². The first-order chi connectivity index (χ1) is 12.6. The Bertz CT molecular complexity index is 422. The van der Waals surface area contributed by atoms with Crippen LogP contribution >= 0.6 is 24.0 Å². The zero-order valence-electron chi connectivity index (χ0n) is 17.8. The van der Waals surface area contributed by atoms with Crippen LogP contribution in [0.1, 0.15) is 52.9 Å². The van der Waals surface area contributed by atoms with E-state index in [1.165, 1.54) is 25.7 Å². The maximum Gasteiger partial charge on any atom is 0.191 e. The number of nitrogens with one attached hydrogen (secondary N) is 2. The minimum absolute atomic E-state index is 0. The second-order valence-corrected chi connectivity index (χ2v) is 8.09. The number of hydrogen-bond donors (Lipinski definition) is 2. The average Bonchev–Trinajstić information content (AvgIpc) is 3.19. The van der Waals surface area contributed by atoms with E-state index in [0.29, 0.717) is 6.10 Å². The van der Waals surface area contributed by atoms with Gasteiger partial charge in [0.15, 0.2) is 5.96 Å². The lowest BCUT2D eigenvalue weighted by Gasteiger charge is -2.41. The topological polar surface area (TPSA) is 58.1 Å². The summed E-state index contributed by atoms with van der Waals surface area (Å²) >= 11 is 0. The monoisotopic (exact) mass is 496 g/mol. The van der Waals surface area contributed by atoms with Gasteiger partial charge in [-0.1, -0.05) is 12.8 Å². The van der Waals surface area contributed by atoms with E-state index in [4.69, 9.17) is 9.47 Å². The quantitative estimate of drug-likeness (QED) is 0.292. The van der Waals surface area contributed by atoms with E-state index in [1.807, 2.05) is 7.05 Å². The maximum atomic E-state index is 6.02. The molecule has 1 heterocycles. The lowest BCUT2D eigenvalue weighted by atomic mass is 9.98. The number of hydrogen-bond acceptors (Lipinski definition) is 4. The summed E-state index contributed by atoms with van der Waals surface area (Å²) in [6.07, 6.45) is 6.81. The first-order valence-corrected chi connectivity index (χ1v) is 10.5. The van der Waals surface area contributed by atoms with Crippen molar-refractivity contribution in [3.05, 3.63) is 0 Å². The highest BCUT2D eigenvalue weighted by Gasteiger charge is 2.28. The van der Waals surface area contributed by atoms with E-state index in [0.717, 1.165) is 64.3 Å². The van der Waals surface area contributed by atoms with Gasteiger partial charge in [0, 0.05) is 45.4 Å². The number of guanidine groups is 1. The van der Waals surface area contributed by atoms with Crippen LogP contribution in [0.5, 0.6) is 0 Å². The Labute approximate surface area is 183 Å². The van der Waals surface area contributed by atoms with Crippen molar-refractivity contribution >= 4 is 29.9 Å². The summed E-state index contributed by atoms with van der Waals surface area (Å²) in [5.41, 5.74) is 0.0824. The fourth-order valence-corrected chi connectivity index (χ4v) is 4.13. The Morgan fingerprint density at radius 2 is 1.89 bits per heavy atom. The molecular weight excluding hydrogens is 455 g/mol. The molecule has 0 aromatic heterocycles. The normalized spacial score (nSPS) is 21.0. The van der Waals surface area contributed by atoms with Crippen LogP contribution in [0.3, 0.4) is 0 Å². The molecule has 1 saturated heterocycles. The largest absolute Gasteiger partial charge is 0.379 e. The van der Waals surface area contributed by atoms with Gasteiger partial charge in [-0.25, -0.2) is 0 Å². The van der Waals surface area contributed by atoms with E-state index in [1.54, 1.807) is 0 Å². The van der Waals surface area contributed by atoms with Gasteiger partial charge < -0.3 is 20.1 Å². The van der Waals surface area contributed by atoms with E-state index in [2.05, 4.69) is 41.3 Å². The lowest BCUT2D eigenvalue weighted by Crippen LogP contribution is -2.56. The third-order valence-electron chi connectivity index (χ3n) is 5.81. The molecule has 160 valence electrons. The molecular formula is C20H41IN4O2. The van der Waals surface area contributed by atoms with Crippen LogP contribution in [0.2, 0.25) is 0 Å². The van der Waals surface area contributed by atoms with Gasteiger partial charge in [-0.3, -0.25) is 9.89 Å². The zero-order valence-corrected chi connectivity index (χ0v) is 20.1. The Kier molecular flexibility index (Phi) is 12.2. The van der Waals surface area contributed by atoms with E-state index < -0.39 is 0 Å². The number of rotatable bonds is 9. The number of ether oxygens (including phenoxy) is 2. The number of morpholine rings is 1. The predicted molar refractivity (Wildman–Crippen MR) is 123 cm³/mol. The fraction of sp³-hybridized carbons (Fsp3) is 0.950. The van der Waals surface area contributed by atoms with Crippen molar-refractivity contribution in [2.24, 2.45) is 10.9 Å². The van der Waals surface area contributed by atoms with Crippen molar-refractivity contribution in [3.8, 4) is 0 Å². The van der Waals surface area contributed by atoms with E-state index in [9.17, 15) is 0 Å². The number of aliphatic imine (C=N–C) groups is 1. The Morgan fingerprint density at radius 1 is 1.22 bits per heavy atom. The highest BCUT2D eigenvalue weighted by atomic mass is 127. The van der Waals surface area contributed by atoms with Crippen LogP contribution in [0, 0.1) is 5.92 Å². The first-order valence-electron chi connectivity index (χ1n) is 10.5. The number of nitrogens with zero attached hydrogens (tertiary/aromatic N) is 2. The van der Waals surface area contributed by atoms with E-state index in [-0.39, 0.29) is 29.5 Å². The molecule has 2 N–H and O–H groups in total. The maximum absolute atomic E-state index is 6.02. The molecule has 1 saturated carbocycles. The number of halogens is 1. The molecule has 1 aliphatic carbocycles. The summed E-state index contributed by atoms with van der Waals surface area (Å²) in [6.45, 7) is 12.9. The van der Waals surface area contributed by atoms with Crippen molar-refractivity contribution < 1.29 is 9.47 Å². The summed E-state index contributed by atoms with van der Waals surface area (Å²) in [5.74, 6) is 1.62. The fourth-order valence-electron chi connectivity index (χ4n) is 4.13. The molecule has 0 aromatic rings. The van der Waals surface area contributed by atoms with Crippen LogP contribution in [0.25, 0.3) is 0 Å². The molecule has 2 aliphatic rings. The Morgan fingerprint density at radius 3 is 2.48 bits per heavy atom. The lowest BCUT2D eigenvalue weighted by molar-refractivity contribution is -0.00835. The predicted octanol–water partition coefficient (Wildman–Crippen LogP) is 2.87. The SMILES string of the molecule is CCOC(CCNC(=NC)NCC(C)(C)N1CCOCC1)C1CCCC1.I. The van der Waals surface area contributed by atoms with Gasteiger partial charge >= 0.3 is 0 Å². The summed E-state index contributed by atoms with van der Waals surface area (Å²) in [7, 11) is 1.84. The molecule has 0 radical (unpaired) electrons. The van der Waals surface area contributed by atoms with E-state index >= 15 is 0 Å². The Balaban J connectivity index is 0.00000364. The van der Waals surface area contributed by atoms with Gasteiger partial charge in [0.05, 0.1) is 19.3 Å². The molecule has 7 heteroatoms. The van der Waals surface area contributed by atoms with Crippen molar-refractivity contribution in [3.63, 3.8) is 0 Å². The molecule has 1 unspecified atom stereocenters. The van der Waals surface area contributed by atoms with Crippen molar-refractivity contribution in [2.45, 2.75) is 64.5 Å². The van der Waals surface area contributed by atoms with Gasteiger partial charge in [-0.15, -0.1) is 24.0 Å². The van der Waals surface area contributed by atoms with Gasteiger partial charge in [0.2, 0.25) is 0 Å². The van der Waals surface area contributed by atoms with Crippen molar-refractivity contribution in [1.82, 2.24) is 15.5 Å². The van der Waals surface area contributed by atoms with Crippen molar-refractivity contribution in [1.29, 1.82) is 0 Å². The van der Waals surface area contributed by atoms with Gasteiger partial charge in [-0.05, 0) is 46.0 Å². The highest BCUT2D eigenvalue weighted by molar-refractivity contribution is 14.0. The third kappa shape index (κ3) is 8.41. The summed E-state index contributed by atoms with van der Waals surface area (Å²) < 4.78 is 11.5. The summed E-state index contributed by atoms with van der Waals surface area (Å²) in [6, 6.07) is 0. The van der Waals surface area contributed by atoms with Crippen LogP contribution < -0.4 is 10.6 Å². The average molecular weight is 496 g/mol. The molecule has 2 fully saturated rings. The minimum atomic E-state index is 0. The van der Waals surface area contributed by atoms with Gasteiger partial charge in [0.1, 0.15) is 0 Å². The summed E-state index contributed by atoms with van der Waals surface area (Å²) in [5, 5.41) is 6.97. The van der Waals surface area contributed by atoms with Crippen LogP contribution in [-0.2, 0) is 9.47 Å². The molecule has 0 aromatic carbocycles. The molecule has 2 rings (SSSR count). The smallest absolute Gasteiger partial charge is 0.191 e. The molecule has 27 heavy (non-hydrogen) atoms. The molecule has 6 nitrogen and oxygen atoms in total. The second kappa shape index (κ2) is 13.2. The molecule has 1 aliphatic heterocycles. The minimum Gasteiger partial charge on any atom is -0.379 e. The first kappa shape index (κ1) is 24.9. The molecule has 0 spiro atoms. The highest BCUT2D eigenvalue weighted by Crippen LogP contribution is 2.30. The van der Waals surface area contributed by atoms with Crippen molar-refractivity contribution in [2.75, 3.05) is 53.0 Å². The Hall–Kier alpha value is -0.120. The van der Waals surface area contributed by atoms with Crippen LogP contribution in [0.4, 0.5) is 0 Å². The zero-order chi connectivity index (χ0) is 18.8. The molecule has 1 atom stereocenters. The molecule has 0 bridgehead atoms. The molecule has 0 amide bonds. The van der Waals surface area contributed by atoms with Crippen LogP contribution in [-0.4, -0.2) is 75.5 Å². The summed E-state index contributed by atoms with van der Waals surface area (Å²) in [4.78, 5) is 6.88. The standard InChI is InChI=1S/C20H40N4O2.HI/c1-5-26-18(17-8-6-7-9-17)10-11-22-19(21-4)23-16-20(2,3)24-12-14-25-15-13-24;/h17-18H,5-16H2,1-4H3,(H2,21,22,23);1H. The second-order valence-electron chi connectivity index (χ2n) is 8.09. The van der Waals surface area contributed by atoms with Gasteiger partial charge in [0.25, 0.3) is 0 Å². The van der Waals surface area contributed by atoms with Gasteiger partial charge in [-0.2, -0.15) is 0 Å².